The van der Waals surface area contributed by atoms with Crippen molar-refractivity contribution in [1.29, 1.82) is 0 Å². The standard InChI is InChI=1S/C9H10N2O4/c1-13-9(12)7-2-11-8(3-10-7)15-6-4-14-5-6/h2-3,6H,4-5H2,1H3. The fraction of sp³-hybridized carbons (Fsp3) is 0.444. The number of hydrogen-bond acceptors (Lipinski definition) is 6. The maximum absolute atomic E-state index is 11.0. The molecule has 1 aliphatic rings. The molecule has 2 heterocycles. The number of rotatable bonds is 3. The van der Waals surface area contributed by atoms with E-state index in [-0.39, 0.29) is 11.8 Å². The summed E-state index contributed by atoms with van der Waals surface area (Å²) in [5.74, 6) is -0.128. The molecule has 0 aromatic carbocycles. The van der Waals surface area contributed by atoms with Gasteiger partial charge in [0, 0.05) is 0 Å². The van der Waals surface area contributed by atoms with Crippen molar-refractivity contribution in [2.24, 2.45) is 0 Å². The zero-order valence-corrected chi connectivity index (χ0v) is 8.17. The number of methoxy groups -OCH3 is 1. The Bertz CT molecular complexity index is 348. The number of nitrogens with zero attached hydrogens (tertiary/aromatic N) is 2. The molecule has 2 rings (SSSR count). The van der Waals surface area contributed by atoms with Crippen molar-refractivity contribution < 1.29 is 19.0 Å². The fourth-order valence-corrected chi connectivity index (χ4v) is 1.04. The Balaban J connectivity index is 1.99. The molecule has 0 amide bonds. The van der Waals surface area contributed by atoms with E-state index >= 15 is 0 Å². The Hall–Kier alpha value is -1.69. The second-order valence-corrected chi connectivity index (χ2v) is 3.01. The van der Waals surface area contributed by atoms with Crippen LogP contribution < -0.4 is 4.74 Å². The van der Waals surface area contributed by atoms with Gasteiger partial charge in [-0.2, -0.15) is 0 Å². The van der Waals surface area contributed by atoms with Gasteiger partial charge >= 0.3 is 5.97 Å². The van der Waals surface area contributed by atoms with Gasteiger partial charge in [-0.3, -0.25) is 0 Å². The molecule has 1 aromatic heterocycles. The number of ether oxygens (including phenoxy) is 3. The SMILES string of the molecule is COC(=O)c1cnc(OC2COC2)cn1. The zero-order valence-electron chi connectivity index (χ0n) is 8.17. The van der Waals surface area contributed by atoms with Crippen molar-refractivity contribution in [3.8, 4) is 5.88 Å². The molecule has 0 saturated carbocycles. The Morgan fingerprint density at radius 2 is 2.27 bits per heavy atom. The van der Waals surface area contributed by atoms with Crippen LogP contribution in [0.15, 0.2) is 12.4 Å². The summed E-state index contributed by atoms with van der Waals surface area (Å²) in [5.41, 5.74) is 0.162. The van der Waals surface area contributed by atoms with E-state index in [0.717, 1.165) is 0 Å². The maximum atomic E-state index is 11.0. The van der Waals surface area contributed by atoms with Crippen LogP contribution in [-0.4, -0.2) is 42.4 Å². The van der Waals surface area contributed by atoms with E-state index in [1.807, 2.05) is 0 Å². The summed E-state index contributed by atoms with van der Waals surface area (Å²) >= 11 is 0. The van der Waals surface area contributed by atoms with Crippen LogP contribution in [0.2, 0.25) is 0 Å². The summed E-state index contributed by atoms with van der Waals surface area (Å²) in [6.07, 6.45) is 2.76. The zero-order chi connectivity index (χ0) is 10.7. The molecule has 0 N–H and O–H groups in total. The minimum atomic E-state index is -0.513. The lowest BCUT2D eigenvalue weighted by molar-refractivity contribution is -0.0814. The third-order valence-electron chi connectivity index (χ3n) is 1.92. The van der Waals surface area contributed by atoms with Crippen molar-refractivity contribution in [2.75, 3.05) is 20.3 Å². The average Bonchev–Trinajstić information content (AvgIpc) is 2.23. The molecule has 1 aliphatic heterocycles. The predicted octanol–water partition coefficient (Wildman–Crippen LogP) is 0.0408. The van der Waals surface area contributed by atoms with Crippen molar-refractivity contribution >= 4 is 5.97 Å². The highest BCUT2D eigenvalue weighted by atomic mass is 16.6. The molecule has 6 nitrogen and oxygen atoms in total. The van der Waals surface area contributed by atoms with Gasteiger partial charge in [-0.15, -0.1) is 0 Å². The number of hydrogen-bond donors (Lipinski definition) is 0. The molecular formula is C9H10N2O4. The topological polar surface area (TPSA) is 70.5 Å². The van der Waals surface area contributed by atoms with Gasteiger partial charge in [0.2, 0.25) is 5.88 Å². The Labute approximate surface area is 86.2 Å². The Morgan fingerprint density at radius 1 is 1.47 bits per heavy atom. The maximum Gasteiger partial charge on any atom is 0.358 e. The highest BCUT2D eigenvalue weighted by Gasteiger charge is 2.20. The first-order valence-corrected chi connectivity index (χ1v) is 4.44. The van der Waals surface area contributed by atoms with Gasteiger partial charge in [0.15, 0.2) is 5.69 Å². The minimum absolute atomic E-state index is 0.0447. The predicted molar refractivity (Wildman–Crippen MR) is 48.6 cm³/mol. The van der Waals surface area contributed by atoms with Gasteiger partial charge in [0.05, 0.1) is 32.7 Å². The first-order valence-electron chi connectivity index (χ1n) is 4.44. The van der Waals surface area contributed by atoms with Crippen molar-refractivity contribution in [2.45, 2.75) is 6.10 Å². The molecule has 6 heteroatoms. The molecule has 1 saturated heterocycles. The third-order valence-corrected chi connectivity index (χ3v) is 1.92. The van der Waals surface area contributed by atoms with Crippen LogP contribution >= 0.6 is 0 Å². The van der Waals surface area contributed by atoms with Crippen molar-refractivity contribution in [3.63, 3.8) is 0 Å². The van der Waals surface area contributed by atoms with Crippen molar-refractivity contribution in [3.05, 3.63) is 18.1 Å². The molecule has 1 aromatic rings. The number of esters is 1. The van der Waals surface area contributed by atoms with Crippen LogP contribution in [0.4, 0.5) is 0 Å². The summed E-state index contributed by atoms with van der Waals surface area (Å²) in [6.45, 7) is 1.14. The van der Waals surface area contributed by atoms with Crippen LogP contribution in [0.25, 0.3) is 0 Å². The van der Waals surface area contributed by atoms with Crippen LogP contribution in [0.3, 0.4) is 0 Å². The average molecular weight is 210 g/mol. The van der Waals surface area contributed by atoms with Gasteiger partial charge in [0.25, 0.3) is 0 Å². The van der Waals surface area contributed by atoms with Crippen LogP contribution in [0.1, 0.15) is 10.5 Å². The highest BCUT2D eigenvalue weighted by molar-refractivity contribution is 5.86. The first kappa shape index (κ1) is 9.85. The van der Waals surface area contributed by atoms with Crippen LogP contribution in [0, 0.1) is 0 Å². The monoisotopic (exact) mass is 210 g/mol. The largest absolute Gasteiger partial charge is 0.468 e. The summed E-state index contributed by atoms with van der Waals surface area (Å²) in [5, 5.41) is 0. The van der Waals surface area contributed by atoms with E-state index in [1.54, 1.807) is 0 Å². The minimum Gasteiger partial charge on any atom is -0.468 e. The van der Waals surface area contributed by atoms with Gasteiger partial charge in [-0.05, 0) is 0 Å². The summed E-state index contributed by atoms with van der Waals surface area (Å²) in [4.78, 5) is 18.8. The molecule has 0 spiro atoms. The molecule has 0 atom stereocenters. The molecule has 0 unspecified atom stereocenters. The normalized spacial score (nSPS) is 15.5. The summed E-state index contributed by atoms with van der Waals surface area (Å²) in [6, 6.07) is 0. The lowest BCUT2D eigenvalue weighted by Gasteiger charge is -2.25. The number of carbonyl (C=O) groups excluding carboxylic acids is 1. The second-order valence-electron chi connectivity index (χ2n) is 3.01. The first-order chi connectivity index (χ1) is 7.29. The summed E-state index contributed by atoms with van der Waals surface area (Å²) in [7, 11) is 1.29. The molecular weight excluding hydrogens is 200 g/mol. The van der Waals surface area contributed by atoms with E-state index in [9.17, 15) is 4.79 Å². The van der Waals surface area contributed by atoms with Gasteiger partial charge in [-0.25, -0.2) is 14.8 Å². The molecule has 0 bridgehead atoms. The van der Waals surface area contributed by atoms with Gasteiger partial charge in [-0.1, -0.05) is 0 Å². The van der Waals surface area contributed by atoms with E-state index in [2.05, 4.69) is 14.7 Å². The molecule has 15 heavy (non-hydrogen) atoms. The summed E-state index contributed by atoms with van der Waals surface area (Å²) < 4.78 is 14.8. The third kappa shape index (κ3) is 2.21. The highest BCUT2D eigenvalue weighted by Crippen LogP contribution is 2.11. The molecule has 0 radical (unpaired) electrons. The fourth-order valence-electron chi connectivity index (χ4n) is 1.04. The van der Waals surface area contributed by atoms with E-state index in [4.69, 9.17) is 9.47 Å². The van der Waals surface area contributed by atoms with E-state index in [1.165, 1.54) is 19.5 Å². The smallest absolute Gasteiger partial charge is 0.358 e. The van der Waals surface area contributed by atoms with E-state index < -0.39 is 5.97 Å². The molecule has 0 aliphatic carbocycles. The van der Waals surface area contributed by atoms with E-state index in [0.29, 0.717) is 19.1 Å². The second kappa shape index (κ2) is 4.22. The van der Waals surface area contributed by atoms with Gasteiger partial charge < -0.3 is 14.2 Å². The molecule has 1 fully saturated rings. The van der Waals surface area contributed by atoms with Crippen LogP contribution in [0.5, 0.6) is 5.88 Å². The Kier molecular flexibility index (Phi) is 2.77. The lowest BCUT2D eigenvalue weighted by Crippen LogP contribution is -2.38. The van der Waals surface area contributed by atoms with Crippen molar-refractivity contribution in [1.82, 2.24) is 9.97 Å². The Morgan fingerprint density at radius 3 is 2.73 bits per heavy atom. The number of aromatic nitrogens is 2. The van der Waals surface area contributed by atoms with Crippen LogP contribution in [-0.2, 0) is 9.47 Å². The molecule has 80 valence electrons. The number of carbonyl (C=O) groups is 1. The quantitative estimate of drug-likeness (QED) is 0.656. The van der Waals surface area contributed by atoms with Gasteiger partial charge in [0.1, 0.15) is 6.10 Å². The lowest BCUT2D eigenvalue weighted by atomic mass is 10.3.